The third-order valence-electron chi connectivity index (χ3n) is 9.77. The maximum atomic E-state index is 12.7. The van der Waals surface area contributed by atoms with Gasteiger partial charge in [-0.1, -0.05) is 188 Å². The lowest BCUT2D eigenvalue weighted by Gasteiger charge is -2.18. The molecule has 61 heavy (non-hydrogen) atoms. The lowest BCUT2D eigenvalue weighted by Crippen LogP contribution is -2.30. The van der Waals surface area contributed by atoms with E-state index < -0.39 is 6.10 Å². The number of hydrogen-bond acceptors (Lipinski definition) is 6. The first-order chi connectivity index (χ1) is 30.0. The van der Waals surface area contributed by atoms with Gasteiger partial charge in [0.25, 0.3) is 0 Å². The van der Waals surface area contributed by atoms with Gasteiger partial charge < -0.3 is 14.2 Å². The molecule has 0 saturated heterocycles. The number of unbranched alkanes of at least 4 members (excludes halogenated alkanes) is 13. The van der Waals surface area contributed by atoms with Crippen molar-refractivity contribution in [3.8, 4) is 0 Å². The van der Waals surface area contributed by atoms with Gasteiger partial charge in [-0.15, -0.1) is 0 Å². The summed E-state index contributed by atoms with van der Waals surface area (Å²) >= 11 is 0. The van der Waals surface area contributed by atoms with Crippen molar-refractivity contribution in [2.24, 2.45) is 0 Å². The molecule has 0 aliphatic heterocycles. The highest BCUT2D eigenvalue weighted by molar-refractivity contribution is 5.71. The van der Waals surface area contributed by atoms with Crippen molar-refractivity contribution in [3.63, 3.8) is 0 Å². The summed E-state index contributed by atoms with van der Waals surface area (Å²) in [4.78, 5) is 37.6. The molecule has 0 bridgehead atoms. The molecule has 0 aromatic heterocycles. The number of carbonyl (C=O) groups excluding carboxylic acids is 3. The first kappa shape index (κ1) is 57.1. The van der Waals surface area contributed by atoms with Crippen LogP contribution in [0.5, 0.6) is 0 Å². The highest BCUT2D eigenvalue weighted by Crippen LogP contribution is 2.12. The van der Waals surface area contributed by atoms with Crippen molar-refractivity contribution in [2.45, 2.75) is 207 Å². The maximum Gasteiger partial charge on any atom is 0.306 e. The molecule has 0 fully saturated rings. The lowest BCUT2D eigenvalue weighted by atomic mass is 10.1. The molecule has 6 heteroatoms. The molecule has 0 N–H and O–H groups in total. The molecule has 344 valence electrons. The molecule has 0 aromatic carbocycles. The van der Waals surface area contributed by atoms with Crippen LogP contribution in [0.1, 0.15) is 201 Å². The predicted octanol–water partition coefficient (Wildman–Crippen LogP) is 16.0. The van der Waals surface area contributed by atoms with E-state index in [0.717, 1.165) is 148 Å². The van der Waals surface area contributed by atoms with Gasteiger partial charge in [-0.2, -0.15) is 0 Å². The zero-order valence-corrected chi connectivity index (χ0v) is 39.1. The van der Waals surface area contributed by atoms with Gasteiger partial charge in [0.05, 0.1) is 0 Å². The van der Waals surface area contributed by atoms with E-state index in [9.17, 15) is 14.4 Å². The van der Waals surface area contributed by atoms with Crippen LogP contribution in [0.15, 0.2) is 109 Å². The number of esters is 3. The molecular formula is C55H88O6. The molecule has 0 rings (SSSR count). The molecule has 1 atom stereocenters. The van der Waals surface area contributed by atoms with Crippen LogP contribution < -0.4 is 0 Å². The van der Waals surface area contributed by atoms with Crippen molar-refractivity contribution in [2.75, 3.05) is 13.2 Å². The van der Waals surface area contributed by atoms with Crippen LogP contribution in [0.2, 0.25) is 0 Å². The van der Waals surface area contributed by atoms with Crippen LogP contribution in [0, 0.1) is 0 Å². The highest BCUT2D eigenvalue weighted by atomic mass is 16.6. The van der Waals surface area contributed by atoms with Crippen molar-refractivity contribution in [3.05, 3.63) is 109 Å². The second kappa shape index (κ2) is 48.7. The topological polar surface area (TPSA) is 78.9 Å². The summed E-state index contributed by atoms with van der Waals surface area (Å²) in [6, 6.07) is 0. The van der Waals surface area contributed by atoms with Crippen LogP contribution in [0.3, 0.4) is 0 Å². The summed E-state index contributed by atoms with van der Waals surface area (Å²) in [7, 11) is 0. The minimum absolute atomic E-state index is 0.0979. The van der Waals surface area contributed by atoms with E-state index in [2.05, 4.69) is 130 Å². The van der Waals surface area contributed by atoms with E-state index in [1.165, 1.54) is 12.8 Å². The largest absolute Gasteiger partial charge is 0.462 e. The zero-order chi connectivity index (χ0) is 44.4. The normalized spacial score (nSPS) is 13.0. The molecule has 0 spiro atoms. The molecule has 0 aliphatic rings. The molecule has 0 aromatic rings. The monoisotopic (exact) mass is 845 g/mol. The smallest absolute Gasteiger partial charge is 0.306 e. The quantitative estimate of drug-likeness (QED) is 0.0264. The number of carbonyl (C=O) groups is 3. The van der Waals surface area contributed by atoms with E-state index >= 15 is 0 Å². The average Bonchev–Trinajstić information content (AvgIpc) is 3.26. The Kier molecular flexibility index (Phi) is 45.6. The van der Waals surface area contributed by atoms with Gasteiger partial charge in [-0.25, -0.2) is 0 Å². The standard InChI is InChI=1S/C55H88O6/c1-4-7-10-13-15-17-19-21-23-25-27-29-31-33-35-37-39-42-45-48-54(57)60-51-52(50-59-53(56)47-44-41-12-9-6-3)61-55(58)49-46-43-40-38-36-34-32-30-28-26-24-22-20-18-16-14-11-8-5-2/h7-8,10-11,15-18,21-24,27-30,33,35,52H,4-6,9,12-14,19-20,25-26,31-32,34,36-51H2,1-3H3/b10-7-,11-8-,17-15-,18-16-,23-21-,24-22-,29-27-,30-28-,35-33-. The van der Waals surface area contributed by atoms with Gasteiger partial charge in [-0.05, 0) is 103 Å². The highest BCUT2D eigenvalue weighted by Gasteiger charge is 2.19. The lowest BCUT2D eigenvalue weighted by molar-refractivity contribution is -0.167. The van der Waals surface area contributed by atoms with E-state index in [1.807, 2.05) is 0 Å². The van der Waals surface area contributed by atoms with Crippen molar-refractivity contribution >= 4 is 17.9 Å². The summed E-state index contributed by atoms with van der Waals surface area (Å²) in [5.74, 6) is -0.968. The Bertz CT molecular complexity index is 1290. The Morgan fingerprint density at radius 3 is 1.02 bits per heavy atom. The maximum absolute atomic E-state index is 12.7. The van der Waals surface area contributed by atoms with E-state index in [1.54, 1.807) is 0 Å². The summed E-state index contributed by atoms with van der Waals surface area (Å²) in [6.07, 6.45) is 65.3. The van der Waals surface area contributed by atoms with Gasteiger partial charge in [0, 0.05) is 19.3 Å². The predicted molar refractivity (Wildman–Crippen MR) is 260 cm³/mol. The minimum Gasteiger partial charge on any atom is -0.462 e. The Labute approximate surface area is 374 Å². The van der Waals surface area contributed by atoms with Crippen molar-refractivity contribution in [1.82, 2.24) is 0 Å². The Morgan fingerprint density at radius 1 is 0.344 bits per heavy atom. The summed E-state index contributed by atoms with van der Waals surface area (Å²) < 4.78 is 16.6. The summed E-state index contributed by atoms with van der Waals surface area (Å²) in [5.41, 5.74) is 0. The van der Waals surface area contributed by atoms with Crippen molar-refractivity contribution in [1.29, 1.82) is 0 Å². The van der Waals surface area contributed by atoms with Crippen LogP contribution >= 0.6 is 0 Å². The summed E-state index contributed by atoms with van der Waals surface area (Å²) in [6.45, 7) is 6.26. The fourth-order valence-corrected chi connectivity index (χ4v) is 6.16. The van der Waals surface area contributed by atoms with Crippen molar-refractivity contribution < 1.29 is 28.6 Å². The number of rotatable bonds is 42. The first-order valence-corrected chi connectivity index (χ1v) is 24.4. The molecule has 0 saturated carbocycles. The van der Waals surface area contributed by atoms with Gasteiger partial charge in [0.2, 0.25) is 0 Å². The Morgan fingerprint density at radius 2 is 0.639 bits per heavy atom. The second-order valence-electron chi connectivity index (χ2n) is 15.6. The summed E-state index contributed by atoms with van der Waals surface area (Å²) in [5, 5.41) is 0. The van der Waals surface area contributed by atoms with E-state index in [0.29, 0.717) is 19.3 Å². The van der Waals surface area contributed by atoms with Gasteiger partial charge in [0.1, 0.15) is 13.2 Å². The van der Waals surface area contributed by atoms with Crippen LogP contribution in [0.4, 0.5) is 0 Å². The van der Waals surface area contributed by atoms with Crippen LogP contribution in [0.25, 0.3) is 0 Å². The number of hydrogen-bond donors (Lipinski definition) is 0. The molecule has 0 aliphatic carbocycles. The number of allylic oxidation sites excluding steroid dienone is 18. The second-order valence-corrected chi connectivity index (χ2v) is 15.6. The Hall–Kier alpha value is -3.93. The number of ether oxygens (including phenoxy) is 3. The third-order valence-corrected chi connectivity index (χ3v) is 9.77. The van der Waals surface area contributed by atoms with Gasteiger partial charge in [-0.3, -0.25) is 14.4 Å². The average molecular weight is 845 g/mol. The molecule has 0 radical (unpaired) electrons. The fourth-order valence-electron chi connectivity index (χ4n) is 6.16. The fraction of sp³-hybridized carbons (Fsp3) is 0.618. The van der Waals surface area contributed by atoms with Gasteiger partial charge >= 0.3 is 17.9 Å². The third kappa shape index (κ3) is 47.0. The first-order valence-electron chi connectivity index (χ1n) is 24.4. The zero-order valence-electron chi connectivity index (χ0n) is 39.1. The van der Waals surface area contributed by atoms with E-state index in [-0.39, 0.29) is 31.1 Å². The molecule has 6 nitrogen and oxygen atoms in total. The minimum atomic E-state index is -0.797. The SMILES string of the molecule is CC/C=C\C/C=C\C/C=C\C/C=C\C/C=C\CCCCCC(=O)OCC(COC(=O)CCCCCCC)OC(=O)CCCCCCCC/C=C\C/C=C\C/C=C\C/C=C\CC. The molecule has 0 heterocycles. The van der Waals surface area contributed by atoms with E-state index in [4.69, 9.17) is 14.2 Å². The van der Waals surface area contributed by atoms with Gasteiger partial charge in [0.15, 0.2) is 6.10 Å². The molecular weight excluding hydrogens is 757 g/mol. The Balaban J connectivity index is 4.31. The molecule has 1 unspecified atom stereocenters. The molecule has 0 amide bonds. The van der Waals surface area contributed by atoms with Crippen LogP contribution in [-0.2, 0) is 28.6 Å². The van der Waals surface area contributed by atoms with Crippen LogP contribution in [-0.4, -0.2) is 37.2 Å².